The van der Waals surface area contributed by atoms with E-state index in [4.69, 9.17) is 9.47 Å². The number of para-hydroxylation sites is 1. The van der Waals surface area contributed by atoms with Crippen LogP contribution in [0.2, 0.25) is 0 Å². The summed E-state index contributed by atoms with van der Waals surface area (Å²) in [6, 6.07) is 25.8. The van der Waals surface area contributed by atoms with Gasteiger partial charge in [-0.3, -0.25) is 14.5 Å². The van der Waals surface area contributed by atoms with E-state index in [1.165, 1.54) is 30.2 Å². The SMILES string of the molecule is COc1ccc(/C(O)=C2\C(=O)C(=O)N(c3nc4ccc(F)cc4s3)C2c2cccc(Oc3ccccc3)c2)cc1. The predicted molar refractivity (Wildman–Crippen MR) is 150 cm³/mol. The lowest BCUT2D eigenvalue weighted by Crippen LogP contribution is -2.29. The minimum absolute atomic E-state index is 0.0996. The summed E-state index contributed by atoms with van der Waals surface area (Å²) in [7, 11) is 1.52. The highest BCUT2D eigenvalue weighted by Crippen LogP contribution is 2.45. The van der Waals surface area contributed by atoms with Crippen LogP contribution < -0.4 is 14.4 Å². The summed E-state index contributed by atoms with van der Waals surface area (Å²) in [6.45, 7) is 0. The number of nitrogens with zero attached hydrogens (tertiary/aromatic N) is 2. The van der Waals surface area contributed by atoms with Crippen LogP contribution in [0.1, 0.15) is 17.2 Å². The van der Waals surface area contributed by atoms with Gasteiger partial charge in [0, 0.05) is 5.56 Å². The van der Waals surface area contributed by atoms with E-state index in [1.54, 1.807) is 48.5 Å². The van der Waals surface area contributed by atoms with Crippen molar-refractivity contribution in [3.63, 3.8) is 0 Å². The molecule has 1 N–H and O–H groups in total. The first kappa shape index (κ1) is 25.3. The maximum absolute atomic E-state index is 13.9. The molecule has 1 aromatic heterocycles. The number of carbonyl (C=O) groups is 2. The molecule has 0 aliphatic carbocycles. The molecule has 9 heteroatoms. The van der Waals surface area contributed by atoms with Gasteiger partial charge in [0.2, 0.25) is 0 Å². The van der Waals surface area contributed by atoms with Crippen molar-refractivity contribution in [3.05, 3.63) is 120 Å². The summed E-state index contributed by atoms with van der Waals surface area (Å²) >= 11 is 1.08. The number of anilines is 1. The van der Waals surface area contributed by atoms with Crippen molar-refractivity contribution in [1.29, 1.82) is 0 Å². The molecular weight excluding hydrogens is 531 g/mol. The third-order valence-corrected chi connectivity index (χ3v) is 7.52. The van der Waals surface area contributed by atoms with Crippen LogP contribution >= 0.6 is 11.3 Å². The van der Waals surface area contributed by atoms with Crippen LogP contribution in [0.25, 0.3) is 16.0 Å². The molecule has 7 nitrogen and oxygen atoms in total. The summed E-state index contributed by atoms with van der Waals surface area (Å²) in [6.07, 6.45) is 0. The lowest BCUT2D eigenvalue weighted by molar-refractivity contribution is -0.132. The molecule has 1 unspecified atom stereocenters. The number of aliphatic hydroxyl groups excluding tert-OH is 1. The predicted octanol–water partition coefficient (Wildman–Crippen LogP) is 6.86. The van der Waals surface area contributed by atoms with Gasteiger partial charge in [0.05, 0.1) is 28.9 Å². The van der Waals surface area contributed by atoms with Crippen LogP contribution in [0.15, 0.2) is 103 Å². The monoisotopic (exact) mass is 552 g/mol. The van der Waals surface area contributed by atoms with Crippen LogP contribution in [-0.2, 0) is 9.59 Å². The van der Waals surface area contributed by atoms with Gasteiger partial charge in [-0.05, 0) is 72.3 Å². The molecule has 1 atom stereocenters. The second kappa shape index (κ2) is 10.3. The molecule has 5 aromatic rings. The number of aromatic nitrogens is 1. The van der Waals surface area contributed by atoms with Gasteiger partial charge < -0.3 is 14.6 Å². The van der Waals surface area contributed by atoms with Crippen LogP contribution in [0.3, 0.4) is 0 Å². The van der Waals surface area contributed by atoms with Crippen LogP contribution in [0, 0.1) is 5.82 Å². The Kier molecular flexibility index (Phi) is 6.49. The van der Waals surface area contributed by atoms with E-state index in [0.717, 1.165) is 11.3 Å². The van der Waals surface area contributed by atoms with Gasteiger partial charge in [0.15, 0.2) is 5.13 Å². The molecule has 4 aromatic carbocycles. The highest BCUT2D eigenvalue weighted by atomic mass is 32.1. The summed E-state index contributed by atoms with van der Waals surface area (Å²) in [5.41, 5.74) is 1.25. The summed E-state index contributed by atoms with van der Waals surface area (Å²) in [4.78, 5) is 32.8. The number of hydrogen-bond acceptors (Lipinski definition) is 7. The number of halogens is 1. The Morgan fingerprint density at radius 2 is 1.65 bits per heavy atom. The quantitative estimate of drug-likeness (QED) is 0.141. The fourth-order valence-corrected chi connectivity index (χ4v) is 5.63. The van der Waals surface area contributed by atoms with Crippen molar-refractivity contribution >= 4 is 44.1 Å². The first-order valence-corrected chi connectivity index (χ1v) is 13.1. The van der Waals surface area contributed by atoms with Gasteiger partial charge in [-0.25, -0.2) is 9.37 Å². The van der Waals surface area contributed by atoms with Crippen LogP contribution in [0.5, 0.6) is 17.2 Å². The van der Waals surface area contributed by atoms with Crippen molar-refractivity contribution in [2.45, 2.75) is 6.04 Å². The smallest absolute Gasteiger partial charge is 0.301 e. The van der Waals surface area contributed by atoms with E-state index in [9.17, 15) is 19.1 Å². The zero-order valence-electron chi connectivity index (χ0n) is 21.1. The van der Waals surface area contributed by atoms with Crippen molar-refractivity contribution in [3.8, 4) is 17.2 Å². The number of rotatable bonds is 6. The number of amides is 1. The van der Waals surface area contributed by atoms with E-state index < -0.39 is 23.5 Å². The van der Waals surface area contributed by atoms with Gasteiger partial charge in [-0.2, -0.15) is 0 Å². The van der Waals surface area contributed by atoms with E-state index in [1.807, 2.05) is 30.3 Å². The number of thiazole rings is 1. The van der Waals surface area contributed by atoms with Crippen LogP contribution in [0.4, 0.5) is 9.52 Å². The topological polar surface area (TPSA) is 89.0 Å². The van der Waals surface area contributed by atoms with Gasteiger partial charge >= 0.3 is 5.91 Å². The highest BCUT2D eigenvalue weighted by molar-refractivity contribution is 7.22. The highest BCUT2D eigenvalue weighted by Gasteiger charge is 2.48. The Hall–Kier alpha value is -5.02. The normalized spacial score (nSPS) is 16.4. The molecule has 198 valence electrons. The minimum atomic E-state index is -1.02. The standard InChI is InChI=1S/C31H21FN2O5S/c1-38-21-13-10-18(11-14-21)28(35)26-27(19-6-5-9-23(16-19)39-22-7-3-2-4-8-22)34(30(37)29(26)36)31-33-24-15-12-20(32)17-25(24)40-31/h2-17,27,35H,1H3/b28-26+. The zero-order valence-corrected chi connectivity index (χ0v) is 21.9. The maximum Gasteiger partial charge on any atom is 0.301 e. The molecule has 40 heavy (non-hydrogen) atoms. The first-order chi connectivity index (χ1) is 19.4. The Balaban J connectivity index is 1.51. The third kappa shape index (κ3) is 4.56. The Morgan fingerprint density at radius 3 is 2.40 bits per heavy atom. The van der Waals surface area contributed by atoms with E-state index in [0.29, 0.717) is 38.6 Å². The number of fused-ring (bicyclic) bond motifs is 1. The molecule has 1 amide bonds. The van der Waals surface area contributed by atoms with Crippen molar-refractivity contribution < 1.29 is 28.6 Å². The first-order valence-electron chi connectivity index (χ1n) is 12.3. The molecule has 2 heterocycles. The Morgan fingerprint density at radius 1 is 0.900 bits per heavy atom. The Labute approximate surface area is 232 Å². The van der Waals surface area contributed by atoms with Gasteiger partial charge in [0.25, 0.3) is 5.78 Å². The fourth-order valence-electron chi connectivity index (χ4n) is 4.61. The number of methoxy groups -OCH3 is 1. The fraction of sp³-hybridized carbons (Fsp3) is 0.0645. The second-order valence-electron chi connectivity index (χ2n) is 8.99. The molecular formula is C31H21FN2O5S. The van der Waals surface area contributed by atoms with Crippen molar-refractivity contribution in [2.75, 3.05) is 12.0 Å². The lowest BCUT2D eigenvalue weighted by atomic mass is 9.95. The molecule has 0 saturated carbocycles. The van der Waals surface area contributed by atoms with E-state index in [-0.39, 0.29) is 16.5 Å². The van der Waals surface area contributed by atoms with E-state index in [2.05, 4.69) is 4.98 Å². The summed E-state index contributed by atoms with van der Waals surface area (Å²) in [5.74, 6) is -0.833. The number of Topliss-reactive ketones (excluding diaryl/α,β-unsaturated/α-hetero) is 1. The molecule has 0 radical (unpaired) electrons. The number of ketones is 1. The number of carbonyl (C=O) groups excluding carboxylic acids is 2. The van der Waals surface area contributed by atoms with Gasteiger partial charge in [-0.1, -0.05) is 41.7 Å². The molecule has 0 spiro atoms. The number of hydrogen-bond donors (Lipinski definition) is 1. The summed E-state index contributed by atoms with van der Waals surface area (Å²) in [5, 5.41) is 11.6. The number of benzene rings is 4. The molecule has 1 fully saturated rings. The van der Waals surface area contributed by atoms with Gasteiger partial charge in [0.1, 0.15) is 28.8 Å². The average Bonchev–Trinajstić information content (AvgIpc) is 3.50. The molecule has 1 aliphatic rings. The summed E-state index contributed by atoms with van der Waals surface area (Å²) < 4.78 is 25.6. The lowest BCUT2D eigenvalue weighted by Gasteiger charge is -2.23. The van der Waals surface area contributed by atoms with Crippen molar-refractivity contribution in [1.82, 2.24) is 4.98 Å². The molecule has 6 rings (SSSR count). The second-order valence-corrected chi connectivity index (χ2v) is 10.0. The largest absolute Gasteiger partial charge is 0.507 e. The average molecular weight is 553 g/mol. The van der Waals surface area contributed by atoms with Crippen molar-refractivity contribution in [2.24, 2.45) is 0 Å². The Bertz CT molecular complexity index is 1780. The zero-order chi connectivity index (χ0) is 27.8. The minimum Gasteiger partial charge on any atom is -0.507 e. The van der Waals surface area contributed by atoms with Gasteiger partial charge in [-0.15, -0.1) is 0 Å². The molecule has 0 bridgehead atoms. The maximum atomic E-state index is 13.9. The van der Waals surface area contributed by atoms with Crippen LogP contribution in [-0.4, -0.2) is 28.9 Å². The molecule has 1 saturated heterocycles. The molecule has 1 aliphatic heterocycles. The van der Waals surface area contributed by atoms with E-state index >= 15 is 0 Å². The third-order valence-electron chi connectivity index (χ3n) is 6.51. The number of ether oxygens (including phenoxy) is 2. The number of aliphatic hydroxyl groups is 1.